The zero-order chi connectivity index (χ0) is 20.1. The normalized spacial score (nSPS) is 12.0. The molecule has 1 atom stereocenters. The molecule has 1 N–H and O–H groups in total. The van der Waals surface area contributed by atoms with Crippen LogP contribution in [0.15, 0.2) is 59.0 Å². The van der Waals surface area contributed by atoms with E-state index in [4.69, 9.17) is 4.42 Å². The summed E-state index contributed by atoms with van der Waals surface area (Å²) in [6.07, 6.45) is 0.288. The van der Waals surface area contributed by atoms with E-state index in [1.165, 1.54) is 5.56 Å². The summed E-state index contributed by atoms with van der Waals surface area (Å²) < 4.78 is 5.74. The average molecular weight is 378 g/mol. The second-order valence-corrected chi connectivity index (χ2v) is 7.30. The Labute approximate surface area is 165 Å². The first-order valence-electron chi connectivity index (χ1n) is 9.38. The molecule has 0 aliphatic heterocycles. The summed E-state index contributed by atoms with van der Waals surface area (Å²) >= 11 is 0. The van der Waals surface area contributed by atoms with Crippen molar-refractivity contribution < 1.29 is 9.21 Å². The highest BCUT2D eigenvalue weighted by Crippen LogP contribution is 2.23. The van der Waals surface area contributed by atoms with Gasteiger partial charge >= 0.3 is 6.01 Å². The van der Waals surface area contributed by atoms with E-state index < -0.39 is 6.04 Å². The van der Waals surface area contributed by atoms with Crippen LogP contribution in [-0.4, -0.2) is 30.2 Å². The van der Waals surface area contributed by atoms with Crippen LogP contribution in [0.1, 0.15) is 48.4 Å². The topological polar surface area (TPSA) is 71.3 Å². The van der Waals surface area contributed by atoms with Gasteiger partial charge in [-0.3, -0.25) is 4.79 Å². The molecule has 2 aromatic carbocycles. The molecule has 3 rings (SSSR count). The van der Waals surface area contributed by atoms with Gasteiger partial charge in [-0.05, 0) is 22.6 Å². The van der Waals surface area contributed by atoms with Crippen LogP contribution in [0.3, 0.4) is 0 Å². The summed E-state index contributed by atoms with van der Waals surface area (Å²) in [6, 6.07) is 17.7. The van der Waals surface area contributed by atoms with Crippen molar-refractivity contribution in [3.8, 4) is 0 Å². The monoisotopic (exact) mass is 378 g/mol. The van der Waals surface area contributed by atoms with Crippen molar-refractivity contribution in [2.75, 3.05) is 19.0 Å². The van der Waals surface area contributed by atoms with Gasteiger partial charge in [0.05, 0.1) is 6.42 Å². The Morgan fingerprint density at radius 3 is 2.25 bits per heavy atom. The second-order valence-electron chi connectivity index (χ2n) is 7.30. The Bertz CT molecular complexity index is 902. The van der Waals surface area contributed by atoms with Crippen LogP contribution in [0.25, 0.3) is 0 Å². The number of amides is 1. The highest BCUT2D eigenvalue weighted by Gasteiger charge is 2.23. The Balaban J connectivity index is 1.77. The number of rotatable bonds is 7. The number of benzene rings is 2. The number of nitrogens with zero attached hydrogens (tertiary/aromatic N) is 3. The summed E-state index contributed by atoms with van der Waals surface area (Å²) in [5.41, 5.74) is 3.11. The standard InChI is InChI=1S/C22H26N4O2/c1-15(2)17-12-10-16(11-13-17)14-19(27)23-20(18-8-6-5-7-9-18)21-24-25-22(28-21)26(3)4/h5-13,15,20H,14H2,1-4H3,(H,23,27)/t20-/m0/s1. The lowest BCUT2D eigenvalue weighted by Gasteiger charge is -2.16. The molecular formula is C22H26N4O2. The van der Waals surface area contributed by atoms with Gasteiger partial charge in [0.2, 0.25) is 11.8 Å². The third-order valence-electron chi connectivity index (χ3n) is 4.51. The highest BCUT2D eigenvalue weighted by atomic mass is 16.4. The van der Waals surface area contributed by atoms with E-state index in [0.717, 1.165) is 11.1 Å². The van der Waals surface area contributed by atoms with Crippen molar-refractivity contribution in [2.45, 2.75) is 32.2 Å². The highest BCUT2D eigenvalue weighted by molar-refractivity contribution is 5.79. The number of hydrogen-bond donors (Lipinski definition) is 1. The minimum Gasteiger partial charge on any atom is -0.405 e. The molecule has 3 aromatic rings. The summed E-state index contributed by atoms with van der Waals surface area (Å²) in [4.78, 5) is 14.5. The zero-order valence-corrected chi connectivity index (χ0v) is 16.7. The van der Waals surface area contributed by atoms with E-state index in [1.807, 2.05) is 56.6 Å². The van der Waals surface area contributed by atoms with E-state index >= 15 is 0 Å². The largest absolute Gasteiger partial charge is 0.405 e. The van der Waals surface area contributed by atoms with Gasteiger partial charge in [-0.1, -0.05) is 73.5 Å². The summed E-state index contributed by atoms with van der Waals surface area (Å²) in [6.45, 7) is 4.30. The first-order valence-corrected chi connectivity index (χ1v) is 9.38. The van der Waals surface area contributed by atoms with E-state index in [1.54, 1.807) is 4.90 Å². The summed E-state index contributed by atoms with van der Waals surface area (Å²) in [5.74, 6) is 0.725. The number of nitrogens with one attached hydrogen (secondary N) is 1. The lowest BCUT2D eigenvalue weighted by molar-refractivity contribution is -0.121. The predicted octanol–water partition coefficient (Wildman–Crippen LogP) is 3.71. The van der Waals surface area contributed by atoms with E-state index in [-0.39, 0.29) is 12.3 Å². The van der Waals surface area contributed by atoms with Crippen LogP contribution in [0.5, 0.6) is 0 Å². The predicted molar refractivity (Wildman–Crippen MR) is 109 cm³/mol. The average Bonchev–Trinajstić information content (AvgIpc) is 3.17. The molecule has 1 heterocycles. The van der Waals surface area contributed by atoms with Crippen LogP contribution >= 0.6 is 0 Å². The molecule has 0 unspecified atom stereocenters. The minimum atomic E-state index is -0.496. The SMILES string of the molecule is CC(C)c1ccc(CC(=O)N[C@@H](c2ccccc2)c2nnc(N(C)C)o2)cc1. The quantitative estimate of drug-likeness (QED) is 0.679. The van der Waals surface area contributed by atoms with Crippen LogP contribution in [0, 0.1) is 0 Å². The number of hydrogen-bond acceptors (Lipinski definition) is 5. The Morgan fingerprint density at radius 1 is 1.00 bits per heavy atom. The minimum absolute atomic E-state index is 0.101. The Hall–Kier alpha value is -3.15. The number of anilines is 1. The fourth-order valence-corrected chi connectivity index (χ4v) is 2.87. The smallest absolute Gasteiger partial charge is 0.317 e. The Morgan fingerprint density at radius 2 is 1.68 bits per heavy atom. The van der Waals surface area contributed by atoms with Crippen molar-refractivity contribution in [2.24, 2.45) is 0 Å². The number of carbonyl (C=O) groups excluding carboxylic acids is 1. The van der Waals surface area contributed by atoms with Crippen molar-refractivity contribution in [1.29, 1.82) is 0 Å². The first kappa shape index (κ1) is 19.6. The molecule has 28 heavy (non-hydrogen) atoms. The molecule has 0 fully saturated rings. The molecule has 0 aliphatic rings. The molecule has 0 saturated carbocycles. The molecule has 0 spiro atoms. The van der Waals surface area contributed by atoms with Crippen molar-refractivity contribution >= 4 is 11.9 Å². The van der Waals surface area contributed by atoms with Gasteiger partial charge in [0, 0.05) is 14.1 Å². The van der Waals surface area contributed by atoms with Gasteiger partial charge in [-0.15, -0.1) is 5.10 Å². The lowest BCUT2D eigenvalue weighted by atomic mass is 10.0. The molecule has 6 nitrogen and oxygen atoms in total. The molecule has 1 aromatic heterocycles. The van der Waals surface area contributed by atoms with Gasteiger partial charge < -0.3 is 14.6 Å². The van der Waals surface area contributed by atoms with Crippen LogP contribution in [0.2, 0.25) is 0 Å². The maximum Gasteiger partial charge on any atom is 0.317 e. The van der Waals surface area contributed by atoms with Crippen molar-refractivity contribution in [1.82, 2.24) is 15.5 Å². The third-order valence-corrected chi connectivity index (χ3v) is 4.51. The van der Waals surface area contributed by atoms with Crippen molar-refractivity contribution in [3.05, 3.63) is 77.2 Å². The molecule has 0 bridgehead atoms. The third kappa shape index (κ3) is 4.76. The maximum atomic E-state index is 12.7. The summed E-state index contributed by atoms with van der Waals surface area (Å²) in [7, 11) is 3.66. The molecular weight excluding hydrogens is 352 g/mol. The lowest BCUT2D eigenvalue weighted by Crippen LogP contribution is -2.30. The van der Waals surface area contributed by atoms with Crippen LogP contribution < -0.4 is 10.2 Å². The van der Waals surface area contributed by atoms with Gasteiger partial charge in [0.25, 0.3) is 0 Å². The van der Waals surface area contributed by atoms with E-state index in [2.05, 4.69) is 41.5 Å². The fourth-order valence-electron chi connectivity index (χ4n) is 2.87. The van der Waals surface area contributed by atoms with Crippen LogP contribution in [-0.2, 0) is 11.2 Å². The molecule has 6 heteroatoms. The van der Waals surface area contributed by atoms with E-state index in [9.17, 15) is 4.79 Å². The number of carbonyl (C=O) groups is 1. The van der Waals surface area contributed by atoms with Gasteiger partial charge in [0.15, 0.2) is 0 Å². The molecule has 1 amide bonds. The summed E-state index contributed by atoms with van der Waals surface area (Å²) in [5, 5.41) is 11.2. The van der Waals surface area contributed by atoms with Crippen LogP contribution in [0.4, 0.5) is 6.01 Å². The van der Waals surface area contributed by atoms with Gasteiger partial charge in [0.1, 0.15) is 6.04 Å². The van der Waals surface area contributed by atoms with Gasteiger partial charge in [-0.25, -0.2) is 0 Å². The first-order chi connectivity index (χ1) is 13.4. The zero-order valence-electron chi connectivity index (χ0n) is 16.7. The number of aromatic nitrogens is 2. The molecule has 0 aliphatic carbocycles. The molecule has 0 saturated heterocycles. The Kier molecular flexibility index (Phi) is 6.09. The molecule has 0 radical (unpaired) electrons. The van der Waals surface area contributed by atoms with Gasteiger partial charge in [-0.2, -0.15) is 0 Å². The van der Waals surface area contributed by atoms with Crippen molar-refractivity contribution in [3.63, 3.8) is 0 Å². The second kappa shape index (κ2) is 8.69. The van der Waals surface area contributed by atoms with E-state index in [0.29, 0.717) is 17.8 Å². The maximum absolute atomic E-state index is 12.7. The molecule has 146 valence electrons. The fraction of sp³-hybridized carbons (Fsp3) is 0.318.